The lowest BCUT2D eigenvalue weighted by Crippen LogP contribution is -2.34. The molecule has 3 nitrogen and oxygen atoms in total. The van der Waals surface area contributed by atoms with Gasteiger partial charge < -0.3 is 5.11 Å². The van der Waals surface area contributed by atoms with E-state index in [9.17, 15) is 4.79 Å². The first kappa shape index (κ1) is 13.0. The van der Waals surface area contributed by atoms with Crippen LogP contribution in [-0.4, -0.2) is 17.1 Å². The number of carbonyl (C=O) groups is 1. The van der Waals surface area contributed by atoms with Crippen LogP contribution in [0.15, 0.2) is 24.3 Å². The third-order valence-electron chi connectivity index (χ3n) is 2.49. The highest BCUT2D eigenvalue weighted by Crippen LogP contribution is 2.18. The van der Waals surface area contributed by atoms with E-state index < -0.39 is 12.0 Å². The number of hydrogen-bond acceptors (Lipinski definition) is 2. The van der Waals surface area contributed by atoms with Gasteiger partial charge in [0.05, 0.1) is 0 Å². The largest absolute Gasteiger partial charge is 0.480 e. The van der Waals surface area contributed by atoms with E-state index in [-0.39, 0.29) is 6.04 Å². The summed E-state index contributed by atoms with van der Waals surface area (Å²) in [5.74, 6) is -0.887. The Labute approximate surface area is 100 Å². The van der Waals surface area contributed by atoms with Gasteiger partial charge in [0.2, 0.25) is 0 Å². The Bertz CT molecular complexity index is 368. The number of carboxylic acids is 1. The fourth-order valence-electron chi connectivity index (χ4n) is 1.40. The zero-order chi connectivity index (χ0) is 12.1. The maximum atomic E-state index is 11.2. The van der Waals surface area contributed by atoms with Gasteiger partial charge in [0.25, 0.3) is 0 Å². The number of rotatable bonds is 5. The Morgan fingerprint density at radius 3 is 2.75 bits per heavy atom. The first-order valence-corrected chi connectivity index (χ1v) is 5.66. The Hall–Kier alpha value is -1.06. The van der Waals surface area contributed by atoms with Crippen LogP contribution in [-0.2, 0) is 4.79 Å². The minimum absolute atomic E-state index is 0.153. The third-order valence-corrected chi connectivity index (χ3v) is 2.73. The predicted molar refractivity (Wildman–Crippen MR) is 64.7 cm³/mol. The molecule has 0 aromatic heterocycles. The Kier molecular flexibility index (Phi) is 4.77. The normalized spacial score (nSPS) is 14.4. The first-order chi connectivity index (χ1) is 7.54. The van der Waals surface area contributed by atoms with Gasteiger partial charge in [-0.3, -0.25) is 10.1 Å². The van der Waals surface area contributed by atoms with Crippen molar-refractivity contribution in [3.05, 3.63) is 34.9 Å². The lowest BCUT2D eigenvalue weighted by Gasteiger charge is -2.19. The van der Waals surface area contributed by atoms with Crippen molar-refractivity contribution >= 4 is 17.6 Å². The second kappa shape index (κ2) is 5.87. The summed E-state index contributed by atoms with van der Waals surface area (Å²) in [6.07, 6.45) is 0.879. The van der Waals surface area contributed by atoms with Crippen molar-refractivity contribution in [1.82, 2.24) is 5.32 Å². The average molecular weight is 242 g/mol. The molecule has 4 heteroatoms. The molecule has 0 bridgehead atoms. The molecule has 0 amide bonds. The molecule has 0 heterocycles. The summed E-state index contributed by atoms with van der Waals surface area (Å²) in [6, 6.07) is 6.38. The molecule has 1 aromatic rings. The molecule has 0 radical (unpaired) electrons. The zero-order valence-electron chi connectivity index (χ0n) is 9.40. The highest BCUT2D eigenvalue weighted by atomic mass is 35.5. The van der Waals surface area contributed by atoms with Gasteiger partial charge in [-0.05, 0) is 31.0 Å². The van der Waals surface area contributed by atoms with Crippen molar-refractivity contribution in [1.29, 1.82) is 0 Å². The average Bonchev–Trinajstić information content (AvgIpc) is 2.25. The molecule has 2 atom stereocenters. The summed E-state index contributed by atoms with van der Waals surface area (Å²) in [4.78, 5) is 11.2. The van der Waals surface area contributed by atoms with E-state index in [1.807, 2.05) is 13.8 Å². The minimum atomic E-state index is -0.887. The van der Waals surface area contributed by atoms with E-state index in [2.05, 4.69) is 5.32 Å². The molecule has 0 aliphatic carbocycles. The van der Waals surface area contributed by atoms with Crippen molar-refractivity contribution in [3.63, 3.8) is 0 Å². The van der Waals surface area contributed by atoms with Gasteiger partial charge in [0.1, 0.15) is 6.04 Å². The van der Waals surface area contributed by atoms with Gasteiger partial charge in [0, 0.05) is 11.1 Å². The van der Waals surface area contributed by atoms with Gasteiger partial charge in [-0.2, -0.15) is 0 Å². The Morgan fingerprint density at radius 1 is 1.56 bits per heavy atom. The standard InChI is InChI=1S/C12H16ClNO2/c1-3-8(2)14-11(12(15)16)9-5-4-6-10(13)7-9/h4-8,11,14H,3H2,1-2H3,(H,15,16). The molecule has 0 spiro atoms. The van der Waals surface area contributed by atoms with Crippen LogP contribution in [0.25, 0.3) is 0 Å². The van der Waals surface area contributed by atoms with E-state index in [1.54, 1.807) is 24.3 Å². The van der Waals surface area contributed by atoms with Gasteiger partial charge in [0.15, 0.2) is 0 Å². The van der Waals surface area contributed by atoms with Crippen molar-refractivity contribution in [2.45, 2.75) is 32.4 Å². The molecular weight excluding hydrogens is 226 g/mol. The number of hydrogen-bond donors (Lipinski definition) is 2. The maximum Gasteiger partial charge on any atom is 0.325 e. The van der Waals surface area contributed by atoms with Crippen LogP contribution in [0.1, 0.15) is 31.9 Å². The van der Waals surface area contributed by atoms with Crippen LogP contribution in [0.5, 0.6) is 0 Å². The van der Waals surface area contributed by atoms with E-state index in [1.165, 1.54) is 0 Å². The molecule has 0 aliphatic heterocycles. The van der Waals surface area contributed by atoms with Gasteiger partial charge >= 0.3 is 5.97 Å². The quantitative estimate of drug-likeness (QED) is 0.834. The second-order valence-electron chi connectivity index (χ2n) is 3.80. The summed E-state index contributed by atoms with van der Waals surface area (Å²) < 4.78 is 0. The van der Waals surface area contributed by atoms with E-state index in [4.69, 9.17) is 16.7 Å². The Morgan fingerprint density at radius 2 is 2.25 bits per heavy atom. The molecule has 0 aliphatic rings. The summed E-state index contributed by atoms with van der Waals surface area (Å²) >= 11 is 5.84. The molecule has 1 aromatic carbocycles. The number of nitrogens with one attached hydrogen (secondary N) is 1. The summed E-state index contributed by atoms with van der Waals surface area (Å²) in [7, 11) is 0. The lowest BCUT2D eigenvalue weighted by molar-refractivity contribution is -0.139. The number of carboxylic acid groups (broad SMARTS) is 1. The molecular formula is C12H16ClNO2. The molecule has 0 fully saturated rings. The van der Waals surface area contributed by atoms with Crippen LogP contribution < -0.4 is 5.32 Å². The topological polar surface area (TPSA) is 49.3 Å². The number of aliphatic carboxylic acids is 1. The van der Waals surface area contributed by atoms with Gasteiger partial charge in [-0.15, -0.1) is 0 Å². The van der Waals surface area contributed by atoms with Gasteiger partial charge in [-0.25, -0.2) is 0 Å². The smallest absolute Gasteiger partial charge is 0.325 e. The first-order valence-electron chi connectivity index (χ1n) is 5.29. The van der Waals surface area contributed by atoms with E-state index >= 15 is 0 Å². The Balaban J connectivity index is 2.89. The fraction of sp³-hybridized carbons (Fsp3) is 0.417. The summed E-state index contributed by atoms with van der Waals surface area (Å²) in [5.41, 5.74) is 0.681. The van der Waals surface area contributed by atoms with Crippen molar-refractivity contribution < 1.29 is 9.90 Å². The fourth-order valence-corrected chi connectivity index (χ4v) is 1.60. The monoisotopic (exact) mass is 241 g/mol. The van der Waals surface area contributed by atoms with Gasteiger partial charge in [-0.1, -0.05) is 30.7 Å². The predicted octanol–water partition coefficient (Wildman–Crippen LogP) is 2.85. The van der Waals surface area contributed by atoms with Crippen LogP contribution >= 0.6 is 11.6 Å². The molecule has 0 saturated carbocycles. The molecule has 0 saturated heterocycles. The highest BCUT2D eigenvalue weighted by Gasteiger charge is 2.20. The van der Waals surface area contributed by atoms with Crippen LogP contribution in [0.3, 0.4) is 0 Å². The van der Waals surface area contributed by atoms with Crippen LogP contribution in [0.4, 0.5) is 0 Å². The SMILES string of the molecule is CCC(C)NC(C(=O)O)c1cccc(Cl)c1. The summed E-state index contributed by atoms with van der Waals surface area (Å²) in [6.45, 7) is 3.97. The second-order valence-corrected chi connectivity index (χ2v) is 4.24. The third kappa shape index (κ3) is 3.51. The molecule has 2 unspecified atom stereocenters. The van der Waals surface area contributed by atoms with Crippen LogP contribution in [0.2, 0.25) is 5.02 Å². The van der Waals surface area contributed by atoms with Crippen LogP contribution in [0, 0.1) is 0 Å². The van der Waals surface area contributed by atoms with Crippen molar-refractivity contribution in [2.24, 2.45) is 0 Å². The molecule has 1 rings (SSSR count). The van der Waals surface area contributed by atoms with E-state index in [0.29, 0.717) is 10.6 Å². The van der Waals surface area contributed by atoms with Crippen molar-refractivity contribution in [3.8, 4) is 0 Å². The maximum absolute atomic E-state index is 11.2. The number of halogens is 1. The zero-order valence-corrected chi connectivity index (χ0v) is 10.2. The summed E-state index contributed by atoms with van der Waals surface area (Å²) in [5, 5.41) is 12.8. The highest BCUT2D eigenvalue weighted by molar-refractivity contribution is 6.30. The molecule has 2 N–H and O–H groups in total. The van der Waals surface area contributed by atoms with E-state index in [0.717, 1.165) is 6.42 Å². The van der Waals surface area contributed by atoms with Crippen molar-refractivity contribution in [2.75, 3.05) is 0 Å². The minimum Gasteiger partial charge on any atom is -0.480 e. The molecule has 16 heavy (non-hydrogen) atoms. The lowest BCUT2D eigenvalue weighted by atomic mass is 10.1. The molecule has 88 valence electrons. The number of benzene rings is 1.